The number of aryl methyl sites for hydroxylation is 1. The molecule has 0 bridgehead atoms. The Morgan fingerprint density at radius 1 is 1.30 bits per heavy atom. The van der Waals surface area contributed by atoms with Crippen LogP contribution in [0.4, 0.5) is 5.82 Å². The van der Waals surface area contributed by atoms with E-state index in [-0.39, 0.29) is 22.6 Å². The highest BCUT2D eigenvalue weighted by Crippen LogP contribution is 2.07. The molecule has 7 nitrogen and oxygen atoms in total. The van der Waals surface area contributed by atoms with Gasteiger partial charge in [-0.2, -0.15) is 0 Å². The summed E-state index contributed by atoms with van der Waals surface area (Å²) in [6.07, 6.45) is 1.47. The Labute approximate surface area is 113 Å². The van der Waals surface area contributed by atoms with Crippen molar-refractivity contribution in [1.82, 2.24) is 9.55 Å². The molecule has 0 radical (unpaired) electrons. The number of nitrogens with one attached hydrogen (secondary N) is 1. The quantitative estimate of drug-likeness (QED) is 0.858. The van der Waals surface area contributed by atoms with Gasteiger partial charge in [-0.25, -0.2) is 9.78 Å². The van der Waals surface area contributed by atoms with Crippen molar-refractivity contribution in [3.63, 3.8) is 0 Å². The molecule has 0 aromatic carbocycles. The van der Waals surface area contributed by atoms with E-state index in [0.717, 1.165) is 0 Å². The molecule has 0 saturated carbocycles. The number of pyridine rings is 2. The van der Waals surface area contributed by atoms with Crippen molar-refractivity contribution >= 4 is 17.7 Å². The van der Waals surface area contributed by atoms with Gasteiger partial charge in [0.15, 0.2) is 5.69 Å². The van der Waals surface area contributed by atoms with Crippen LogP contribution in [-0.2, 0) is 7.05 Å². The van der Waals surface area contributed by atoms with Gasteiger partial charge in [0.25, 0.3) is 11.5 Å². The number of carboxylic acid groups (broad SMARTS) is 1. The highest BCUT2D eigenvalue weighted by Gasteiger charge is 2.10. The van der Waals surface area contributed by atoms with Crippen LogP contribution in [0, 0.1) is 0 Å². The van der Waals surface area contributed by atoms with E-state index in [2.05, 4.69) is 10.3 Å². The van der Waals surface area contributed by atoms with Crippen LogP contribution in [0.15, 0.2) is 41.3 Å². The highest BCUT2D eigenvalue weighted by molar-refractivity contribution is 6.03. The Morgan fingerprint density at radius 2 is 2.05 bits per heavy atom. The molecule has 0 fully saturated rings. The van der Waals surface area contributed by atoms with E-state index in [1.807, 2.05) is 0 Å². The van der Waals surface area contributed by atoms with Crippen molar-refractivity contribution in [3.05, 3.63) is 58.1 Å². The van der Waals surface area contributed by atoms with Crippen LogP contribution >= 0.6 is 0 Å². The first-order chi connectivity index (χ1) is 9.47. The number of anilines is 1. The van der Waals surface area contributed by atoms with Crippen molar-refractivity contribution in [1.29, 1.82) is 0 Å². The molecule has 2 aromatic heterocycles. The molecule has 0 atom stereocenters. The number of carboxylic acids is 1. The van der Waals surface area contributed by atoms with Gasteiger partial charge in [-0.1, -0.05) is 6.07 Å². The smallest absolute Gasteiger partial charge is 0.354 e. The lowest BCUT2D eigenvalue weighted by Crippen LogP contribution is -2.20. The van der Waals surface area contributed by atoms with Crippen molar-refractivity contribution in [2.24, 2.45) is 7.05 Å². The van der Waals surface area contributed by atoms with E-state index in [9.17, 15) is 14.4 Å². The van der Waals surface area contributed by atoms with Crippen molar-refractivity contribution in [2.75, 3.05) is 5.32 Å². The van der Waals surface area contributed by atoms with Gasteiger partial charge in [0.1, 0.15) is 5.82 Å². The van der Waals surface area contributed by atoms with Gasteiger partial charge >= 0.3 is 5.97 Å². The molecule has 0 aliphatic rings. The minimum absolute atomic E-state index is 0.107. The number of carbonyl (C=O) groups is 2. The Morgan fingerprint density at radius 3 is 2.70 bits per heavy atom. The number of carbonyl (C=O) groups excluding carboxylic acids is 1. The van der Waals surface area contributed by atoms with Crippen LogP contribution in [0.2, 0.25) is 0 Å². The van der Waals surface area contributed by atoms with Gasteiger partial charge in [0, 0.05) is 24.9 Å². The lowest BCUT2D eigenvalue weighted by molar-refractivity contribution is 0.0690. The summed E-state index contributed by atoms with van der Waals surface area (Å²) in [5.41, 5.74) is -0.313. The van der Waals surface area contributed by atoms with E-state index in [4.69, 9.17) is 5.11 Å². The summed E-state index contributed by atoms with van der Waals surface area (Å²) in [5, 5.41) is 11.2. The van der Waals surface area contributed by atoms with Gasteiger partial charge in [-0.3, -0.25) is 9.59 Å². The van der Waals surface area contributed by atoms with Crippen LogP contribution in [0.3, 0.4) is 0 Å². The standard InChI is InChI=1S/C13H11N3O4/c1-16-6-5-8(7-11(16)17)12(18)15-10-4-2-3-9(14-10)13(19)20/h2-7H,1H3,(H,19,20)(H,14,15,18). The van der Waals surface area contributed by atoms with Crippen molar-refractivity contribution in [2.45, 2.75) is 0 Å². The molecular formula is C13H11N3O4. The number of amides is 1. The molecule has 0 spiro atoms. The summed E-state index contributed by atoms with van der Waals surface area (Å²) in [5.74, 6) is -1.61. The lowest BCUT2D eigenvalue weighted by atomic mass is 10.2. The molecule has 7 heteroatoms. The van der Waals surface area contributed by atoms with Crippen LogP contribution in [0.25, 0.3) is 0 Å². The first-order valence-electron chi connectivity index (χ1n) is 5.66. The van der Waals surface area contributed by atoms with Gasteiger partial charge in [0.05, 0.1) is 0 Å². The normalized spacial score (nSPS) is 10.1. The maximum atomic E-state index is 11.9. The molecule has 102 valence electrons. The minimum Gasteiger partial charge on any atom is -0.477 e. The number of aromatic carboxylic acids is 1. The molecule has 0 saturated heterocycles. The molecule has 2 heterocycles. The molecule has 1 amide bonds. The number of hydrogen-bond donors (Lipinski definition) is 2. The number of nitrogens with zero attached hydrogens (tertiary/aromatic N) is 2. The Kier molecular flexibility index (Phi) is 3.60. The molecule has 20 heavy (non-hydrogen) atoms. The summed E-state index contributed by atoms with van der Waals surface area (Å²) >= 11 is 0. The molecule has 0 aliphatic heterocycles. The second-order valence-electron chi connectivity index (χ2n) is 4.03. The lowest BCUT2D eigenvalue weighted by Gasteiger charge is -2.05. The summed E-state index contributed by atoms with van der Waals surface area (Å²) in [7, 11) is 1.57. The second kappa shape index (κ2) is 5.35. The molecule has 2 rings (SSSR count). The van der Waals surface area contributed by atoms with Crippen LogP contribution in [0.5, 0.6) is 0 Å². The zero-order chi connectivity index (χ0) is 14.7. The third-order valence-electron chi connectivity index (χ3n) is 2.58. The Balaban J connectivity index is 2.23. The van der Waals surface area contributed by atoms with Crippen LogP contribution in [0.1, 0.15) is 20.8 Å². The SMILES string of the molecule is Cn1ccc(C(=O)Nc2cccc(C(=O)O)n2)cc1=O. The highest BCUT2D eigenvalue weighted by atomic mass is 16.4. The average molecular weight is 273 g/mol. The van der Waals surface area contributed by atoms with Gasteiger partial charge in [0.2, 0.25) is 0 Å². The van der Waals surface area contributed by atoms with Gasteiger partial charge in [-0.05, 0) is 18.2 Å². The van der Waals surface area contributed by atoms with Crippen LogP contribution in [-0.4, -0.2) is 26.5 Å². The fourth-order valence-corrected chi connectivity index (χ4v) is 1.50. The zero-order valence-electron chi connectivity index (χ0n) is 10.5. The first-order valence-corrected chi connectivity index (χ1v) is 5.66. The van der Waals surface area contributed by atoms with E-state index in [1.165, 1.54) is 41.1 Å². The van der Waals surface area contributed by atoms with Crippen molar-refractivity contribution in [3.8, 4) is 0 Å². The molecule has 2 aromatic rings. The van der Waals surface area contributed by atoms with Crippen molar-refractivity contribution < 1.29 is 14.7 Å². The topological polar surface area (TPSA) is 101 Å². The third kappa shape index (κ3) is 2.89. The van der Waals surface area contributed by atoms with E-state index < -0.39 is 11.9 Å². The largest absolute Gasteiger partial charge is 0.477 e. The third-order valence-corrected chi connectivity index (χ3v) is 2.58. The summed E-state index contributed by atoms with van der Waals surface area (Å²) in [6.45, 7) is 0. The van der Waals surface area contributed by atoms with Gasteiger partial charge < -0.3 is 15.0 Å². The first kappa shape index (κ1) is 13.5. The number of rotatable bonds is 3. The fraction of sp³-hybridized carbons (Fsp3) is 0.0769. The van der Waals surface area contributed by atoms with Gasteiger partial charge in [-0.15, -0.1) is 0 Å². The second-order valence-corrected chi connectivity index (χ2v) is 4.03. The minimum atomic E-state index is -1.19. The summed E-state index contributed by atoms with van der Waals surface area (Å²) < 4.78 is 1.33. The molecular weight excluding hydrogens is 262 g/mol. The fourth-order valence-electron chi connectivity index (χ4n) is 1.50. The number of aromatic nitrogens is 2. The summed E-state index contributed by atoms with van der Waals surface area (Å²) in [6, 6.07) is 6.92. The Hall–Kier alpha value is -2.96. The average Bonchev–Trinajstić information content (AvgIpc) is 2.42. The number of hydrogen-bond acceptors (Lipinski definition) is 4. The van der Waals surface area contributed by atoms with E-state index in [1.54, 1.807) is 7.05 Å². The molecule has 0 aliphatic carbocycles. The molecule has 2 N–H and O–H groups in total. The zero-order valence-corrected chi connectivity index (χ0v) is 10.5. The van der Waals surface area contributed by atoms with Crippen LogP contribution < -0.4 is 10.9 Å². The maximum Gasteiger partial charge on any atom is 0.354 e. The Bertz CT molecular complexity index is 736. The predicted octanol–water partition coefficient (Wildman–Crippen LogP) is 0.731. The monoisotopic (exact) mass is 273 g/mol. The van der Waals surface area contributed by atoms with E-state index in [0.29, 0.717) is 0 Å². The predicted molar refractivity (Wildman–Crippen MR) is 70.8 cm³/mol. The van der Waals surface area contributed by atoms with E-state index >= 15 is 0 Å². The summed E-state index contributed by atoms with van der Waals surface area (Å²) in [4.78, 5) is 37.9. The molecule has 0 unspecified atom stereocenters. The maximum absolute atomic E-state index is 11.9.